The van der Waals surface area contributed by atoms with E-state index in [1.165, 1.54) is 0 Å². The molecule has 3 rings (SSSR count). The van der Waals surface area contributed by atoms with E-state index in [-0.39, 0.29) is 23.9 Å². The summed E-state index contributed by atoms with van der Waals surface area (Å²) in [7, 11) is 0. The standard InChI is InChI=1S/C21H28N6O3/c1-4-30-19-13-22-12-17(25-19)16-5-6-18(23-11-16)26-20(28)15-7-9-27(10-8-15)21(29)24-14(2)3/h5-6,11-15H,4,7-10H2,1-3H3,(H,24,29)(H,23,26,28). The summed E-state index contributed by atoms with van der Waals surface area (Å²) in [6, 6.07) is 3.60. The summed E-state index contributed by atoms with van der Waals surface area (Å²) >= 11 is 0. The molecule has 0 aliphatic carbocycles. The minimum atomic E-state index is -0.136. The minimum Gasteiger partial charge on any atom is -0.477 e. The van der Waals surface area contributed by atoms with Crippen molar-refractivity contribution >= 4 is 17.8 Å². The molecule has 0 saturated carbocycles. The SMILES string of the molecule is CCOc1cncc(-c2ccc(NC(=O)C3CCN(C(=O)NC(C)C)CC3)nc2)n1. The molecule has 2 aromatic heterocycles. The molecule has 2 N–H and O–H groups in total. The number of nitrogens with one attached hydrogen (secondary N) is 2. The average Bonchev–Trinajstić information content (AvgIpc) is 2.74. The van der Waals surface area contributed by atoms with Gasteiger partial charge in [-0.3, -0.25) is 9.78 Å². The van der Waals surface area contributed by atoms with Crippen LogP contribution in [0.2, 0.25) is 0 Å². The van der Waals surface area contributed by atoms with Gasteiger partial charge in [0, 0.05) is 36.8 Å². The largest absolute Gasteiger partial charge is 0.477 e. The Balaban J connectivity index is 1.54. The van der Waals surface area contributed by atoms with Crippen molar-refractivity contribution in [3.63, 3.8) is 0 Å². The molecule has 1 aliphatic rings. The molecule has 2 aromatic rings. The first-order valence-electron chi connectivity index (χ1n) is 10.2. The van der Waals surface area contributed by atoms with E-state index in [0.717, 1.165) is 5.56 Å². The number of hydrogen-bond donors (Lipinski definition) is 2. The number of aromatic nitrogens is 3. The third-order valence-electron chi connectivity index (χ3n) is 4.78. The number of rotatable bonds is 6. The Morgan fingerprint density at radius 2 is 1.97 bits per heavy atom. The number of likely N-dealkylation sites (tertiary alicyclic amines) is 1. The second kappa shape index (κ2) is 10.00. The predicted octanol–water partition coefficient (Wildman–Crippen LogP) is 2.71. The Morgan fingerprint density at radius 1 is 1.20 bits per heavy atom. The molecule has 160 valence electrons. The summed E-state index contributed by atoms with van der Waals surface area (Å²) in [6.07, 6.45) is 6.12. The van der Waals surface area contributed by atoms with Gasteiger partial charge in [-0.1, -0.05) is 0 Å². The molecule has 1 aliphatic heterocycles. The van der Waals surface area contributed by atoms with Gasteiger partial charge in [-0.2, -0.15) is 0 Å². The zero-order valence-electron chi connectivity index (χ0n) is 17.6. The van der Waals surface area contributed by atoms with E-state index >= 15 is 0 Å². The number of anilines is 1. The van der Waals surface area contributed by atoms with Crippen molar-refractivity contribution in [2.24, 2.45) is 5.92 Å². The smallest absolute Gasteiger partial charge is 0.317 e. The molecule has 0 atom stereocenters. The Bertz CT molecular complexity index is 863. The maximum Gasteiger partial charge on any atom is 0.317 e. The van der Waals surface area contributed by atoms with Crippen LogP contribution in [0.1, 0.15) is 33.6 Å². The van der Waals surface area contributed by atoms with Crippen LogP contribution in [0, 0.1) is 5.92 Å². The fraction of sp³-hybridized carbons (Fsp3) is 0.476. The molecule has 30 heavy (non-hydrogen) atoms. The van der Waals surface area contributed by atoms with Gasteiger partial charge in [0.1, 0.15) is 5.82 Å². The Kier molecular flexibility index (Phi) is 7.16. The van der Waals surface area contributed by atoms with Gasteiger partial charge in [-0.05, 0) is 45.7 Å². The van der Waals surface area contributed by atoms with Crippen LogP contribution in [0.15, 0.2) is 30.7 Å². The van der Waals surface area contributed by atoms with Crippen LogP contribution in [-0.4, -0.2) is 57.5 Å². The number of ether oxygens (including phenoxy) is 1. The number of hydrogen-bond acceptors (Lipinski definition) is 6. The van der Waals surface area contributed by atoms with Crippen molar-refractivity contribution in [1.29, 1.82) is 0 Å². The lowest BCUT2D eigenvalue weighted by Gasteiger charge is -2.31. The summed E-state index contributed by atoms with van der Waals surface area (Å²) in [4.78, 5) is 39.3. The average molecular weight is 412 g/mol. The highest BCUT2D eigenvalue weighted by molar-refractivity contribution is 5.92. The van der Waals surface area contributed by atoms with E-state index in [9.17, 15) is 9.59 Å². The minimum absolute atomic E-state index is 0.0716. The van der Waals surface area contributed by atoms with Crippen molar-refractivity contribution in [2.45, 2.75) is 39.7 Å². The molecular formula is C21H28N6O3. The summed E-state index contributed by atoms with van der Waals surface area (Å²) in [5.74, 6) is 0.735. The van der Waals surface area contributed by atoms with Crippen molar-refractivity contribution < 1.29 is 14.3 Å². The van der Waals surface area contributed by atoms with E-state index in [2.05, 4.69) is 25.6 Å². The highest BCUT2D eigenvalue weighted by Crippen LogP contribution is 2.21. The molecule has 0 bridgehead atoms. The number of carbonyl (C=O) groups excluding carboxylic acids is 2. The zero-order valence-corrected chi connectivity index (χ0v) is 17.6. The molecular weight excluding hydrogens is 384 g/mol. The second-order valence-corrected chi connectivity index (χ2v) is 7.46. The first-order valence-corrected chi connectivity index (χ1v) is 10.2. The zero-order chi connectivity index (χ0) is 21.5. The highest BCUT2D eigenvalue weighted by atomic mass is 16.5. The molecule has 0 spiro atoms. The van der Waals surface area contributed by atoms with Crippen molar-refractivity contribution in [1.82, 2.24) is 25.2 Å². The van der Waals surface area contributed by atoms with E-state index in [0.29, 0.717) is 49.9 Å². The number of amides is 3. The fourth-order valence-corrected chi connectivity index (χ4v) is 3.24. The van der Waals surface area contributed by atoms with Gasteiger partial charge in [0.2, 0.25) is 11.8 Å². The van der Waals surface area contributed by atoms with Gasteiger partial charge in [0.15, 0.2) is 0 Å². The maximum absolute atomic E-state index is 12.6. The number of pyridine rings is 1. The van der Waals surface area contributed by atoms with Crippen molar-refractivity contribution in [3.8, 4) is 17.1 Å². The van der Waals surface area contributed by atoms with Crippen LogP contribution >= 0.6 is 0 Å². The Hall–Kier alpha value is -3.23. The summed E-state index contributed by atoms with van der Waals surface area (Å²) in [5.41, 5.74) is 1.44. The van der Waals surface area contributed by atoms with Gasteiger partial charge in [0.25, 0.3) is 0 Å². The van der Waals surface area contributed by atoms with Gasteiger partial charge in [-0.25, -0.2) is 14.8 Å². The molecule has 0 aromatic carbocycles. The highest BCUT2D eigenvalue weighted by Gasteiger charge is 2.27. The van der Waals surface area contributed by atoms with Crippen LogP contribution in [0.25, 0.3) is 11.3 Å². The molecule has 9 nitrogen and oxygen atoms in total. The van der Waals surface area contributed by atoms with Crippen LogP contribution in [0.5, 0.6) is 5.88 Å². The summed E-state index contributed by atoms with van der Waals surface area (Å²) in [6.45, 7) is 7.40. The van der Waals surface area contributed by atoms with Gasteiger partial charge in [-0.15, -0.1) is 0 Å². The monoisotopic (exact) mass is 412 g/mol. The number of carbonyl (C=O) groups is 2. The van der Waals surface area contributed by atoms with Crippen LogP contribution in [0.3, 0.4) is 0 Å². The predicted molar refractivity (Wildman–Crippen MR) is 113 cm³/mol. The summed E-state index contributed by atoms with van der Waals surface area (Å²) in [5, 5.41) is 5.75. The lowest BCUT2D eigenvalue weighted by atomic mass is 9.96. The lowest BCUT2D eigenvalue weighted by Crippen LogP contribution is -2.47. The van der Waals surface area contributed by atoms with Crippen LogP contribution in [-0.2, 0) is 4.79 Å². The molecule has 1 saturated heterocycles. The van der Waals surface area contributed by atoms with Crippen molar-refractivity contribution in [2.75, 3.05) is 25.0 Å². The second-order valence-electron chi connectivity index (χ2n) is 7.46. The van der Waals surface area contributed by atoms with Crippen molar-refractivity contribution in [3.05, 3.63) is 30.7 Å². The third-order valence-corrected chi connectivity index (χ3v) is 4.78. The normalized spacial score (nSPS) is 14.5. The number of piperidine rings is 1. The molecule has 0 radical (unpaired) electrons. The number of nitrogens with zero attached hydrogens (tertiary/aromatic N) is 4. The van der Waals surface area contributed by atoms with Gasteiger partial charge < -0.3 is 20.3 Å². The molecule has 3 amide bonds. The van der Waals surface area contributed by atoms with Crippen LogP contribution in [0.4, 0.5) is 10.6 Å². The first kappa shape index (κ1) is 21.5. The van der Waals surface area contributed by atoms with Crippen LogP contribution < -0.4 is 15.4 Å². The molecule has 9 heteroatoms. The Morgan fingerprint density at radius 3 is 2.60 bits per heavy atom. The first-order chi connectivity index (χ1) is 14.5. The van der Waals surface area contributed by atoms with E-state index in [4.69, 9.17) is 4.74 Å². The van der Waals surface area contributed by atoms with E-state index in [1.807, 2.05) is 26.8 Å². The molecule has 1 fully saturated rings. The maximum atomic E-state index is 12.6. The fourth-order valence-electron chi connectivity index (χ4n) is 3.24. The quantitative estimate of drug-likeness (QED) is 0.755. The van der Waals surface area contributed by atoms with Gasteiger partial charge in [0.05, 0.1) is 24.7 Å². The topological polar surface area (TPSA) is 109 Å². The number of urea groups is 1. The summed E-state index contributed by atoms with van der Waals surface area (Å²) < 4.78 is 5.37. The lowest BCUT2D eigenvalue weighted by molar-refractivity contribution is -0.121. The molecule has 0 unspecified atom stereocenters. The molecule has 3 heterocycles. The third kappa shape index (κ3) is 5.65. The van der Waals surface area contributed by atoms with Gasteiger partial charge >= 0.3 is 6.03 Å². The van der Waals surface area contributed by atoms with E-state index < -0.39 is 0 Å². The van der Waals surface area contributed by atoms with E-state index in [1.54, 1.807) is 29.6 Å². The Labute approximate surface area is 176 Å².